The van der Waals surface area contributed by atoms with Crippen molar-refractivity contribution < 1.29 is 28.6 Å². The van der Waals surface area contributed by atoms with Crippen molar-refractivity contribution in [3.05, 3.63) is 109 Å². The molecule has 0 amide bonds. The highest BCUT2D eigenvalue weighted by atomic mass is 16.6. The first-order chi connectivity index (χ1) is 38.0. The van der Waals surface area contributed by atoms with Crippen molar-refractivity contribution in [1.29, 1.82) is 0 Å². The third-order valence-electron chi connectivity index (χ3n) is 13.7. The van der Waals surface area contributed by atoms with Gasteiger partial charge in [-0.15, -0.1) is 0 Å². The van der Waals surface area contributed by atoms with Crippen LogP contribution in [0, 0.1) is 0 Å². The van der Waals surface area contributed by atoms with E-state index in [9.17, 15) is 14.4 Å². The van der Waals surface area contributed by atoms with Gasteiger partial charge >= 0.3 is 17.9 Å². The summed E-state index contributed by atoms with van der Waals surface area (Å²) in [5.41, 5.74) is 0. The molecule has 0 aliphatic rings. The van der Waals surface area contributed by atoms with Gasteiger partial charge in [-0.1, -0.05) is 291 Å². The summed E-state index contributed by atoms with van der Waals surface area (Å²) in [5, 5.41) is 0. The Morgan fingerprint density at radius 1 is 0.273 bits per heavy atom. The van der Waals surface area contributed by atoms with Gasteiger partial charge in [0.1, 0.15) is 13.2 Å². The highest BCUT2D eigenvalue weighted by molar-refractivity contribution is 5.71. The molecule has 0 aromatic heterocycles. The predicted octanol–water partition coefficient (Wildman–Crippen LogP) is 22.2. The summed E-state index contributed by atoms with van der Waals surface area (Å²) in [6.07, 6.45) is 88.1. The van der Waals surface area contributed by atoms with Crippen LogP contribution in [0.4, 0.5) is 0 Å². The average molecular weight is 1070 g/mol. The van der Waals surface area contributed by atoms with Crippen LogP contribution in [0.15, 0.2) is 109 Å². The minimum absolute atomic E-state index is 0.0952. The van der Waals surface area contributed by atoms with E-state index < -0.39 is 6.10 Å². The van der Waals surface area contributed by atoms with Crippen LogP contribution in [0.5, 0.6) is 0 Å². The van der Waals surface area contributed by atoms with Crippen molar-refractivity contribution >= 4 is 17.9 Å². The molecule has 0 saturated heterocycles. The maximum absolute atomic E-state index is 12.9. The van der Waals surface area contributed by atoms with Crippen LogP contribution in [-0.4, -0.2) is 37.2 Å². The van der Waals surface area contributed by atoms with E-state index in [0.29, 0.717) is 19.3 Å². The zero-order valence-corrected chi connectivity index (χ0v) is 50.4. The van der Waals surface area contributed by atoms with Crippen molar-refractivity contribution in [3.63, 3.8) is 0 Å². The molecular formula is C71H120O6. The SMILES string of the molecule is CC/C=C\C/C=C\C/C=C\C/C=C\C/C=C\C/C=C\C/C=C\CCCCCC(=O)OCC(COC(=O)CCCCCCC/C=C\C/C=C\CCC)OC(=O)CCCCCCCCCCCCCCCCCCCCCCC. The number of allylic oxidation sites excluding steroid dienone is 18. The Morgan fingerprint density at radius 3 is 0.857 bits per heavy atom. The number of unbranched alkanes of at least 4 members (excludes halogenated alkanes) is 29. The van der Waals surface area contributed by atoms with Crippen LogP contribution in [0.25, 0.3) is 0 Å². The molecule has 1 unspecified atom stereocenters. The van der Waals surface area contributed by atoms with Gasteiger partial charge in [-0.3, -0.25) is 14.4 Å². The van der Waals surface area contributed by atoms with Gasteiger partial charge in [-0.25, -0.2) is 0 Å². The summed E-state index contributed by atoms with van der Waals surface area (Å²) in [5.74, 6) is -0.932. The summed E-state index contributed by atoms with van der Waals surface area (Å²) >= 11 is 0. The standard InChI is InChI=1S/C71H120O6/c1-4-7-10-13-16-19-22-25-27-29-31-33-34-35-36-38-39-41-43-46-49-52-55-58-61-64-70(73)76-67-68(66-75-69(72)63-60-57-54-51-48-45-24-21-18-15-12-9-6-3)77-71(74)65-62-59-56-53-50-47-44-42-40-37-32-30-28-26-23-20-17-14-11-8-5-2/h7,10,12,15-16,19,21,24-25,27,31,33,35-36,39,41,46,49,68H,4-6,8-9,11,13-14,17-18,20,22-23,26,28-30,32,34,37-38,40,42-45,47-48,50-67H2,1-3H3/b10-7-,15-12-,19-16-,24-21-,27-25-,33-31-,36-35-,41-39-,49-46-. The van der Waals surface area contributed by atoms with Crippen LogP contribution in [0.2, 0.25) is 0 Å². The molecule has 0 aliphatic carbocycles. The molecule has 0 N–H and O–H groups in total. The molecule has 0 heterocycles. The van der Waals surface area contributed by atoms with E-state index in [1.54, 1.807) is 0 Å². The molecule has 0 saturated carbocycles. The summed E-state index contributed by atoms with van der Waals surface area (Å²) in [7, 11) is 0. The van der Waals surface area contributed by atoms with Gasteiger partial charge in [0, 0.05) is 19.3 Å². The Kier molecular flexibility index (Phi) is 61.3. The summed E-state index contributed by atoms with van der Waals surface area (Å²) in [4.78, 5) is 38.3. The van der Waals surface area contributed by atoms with Crippen LogP contribution in [0.3, 0.4) is 0 Å². The molecule has 0 fully saturated rings. The zero-order chi connectivity index (χ0) is 55.7. The lowest BCUT2D eigenvalue weighted by Gasteiger charge is -2.18. The molecule has 0 aliphatic heterocycles. The van der Waals surface area contributed by atoms with E-state index >= 15 is 0 Å². The summed E-state index contributed by atoms with van der Waals surface area (Å²) in [6, 6.07) is 0. The number of rotatable bonds is 58. The second-order valence-electron chi connectivity index (χ2n) is 21.3. The molecule has 0 spiro atoms. The first-order valence-corrected chi connectivity index (χ1v) is 32.4. The molecule has 0 aromatic rings. The van der Waals surface area contributed by atoms with Crippen molar-refractivity contribution in [2.24, 2.45) is 0 Å². The normalized spacial score (nSPS) is 12.8. The first-order valence-electron chi connectivity index (χ1n) is 32.4. The van der Waals surface area contributed by atoms with Crippen molar-refractivity contribution in [3.8, 4) is 0 Å². The Hall–Kier alpha value is -3.93. The highest BCUT2D eigenvalue weighted by Gasteiger charge is 2.19. The Balaban J connectivity index is 4.40. The predicted molar refractivity (Wildman–Crippen MR) is 334 cm³/mol. The number of ether oxygens (including phenoxy) is 3. The largest absolute Gasteiger partial charge is 0.462 e. The quantitative estimate of drug-likeness (QED) is 0.0261. The maximum atomic E-state index is 12.9. The molecule has 1 atom stereocenters. The Morgan fingerprint density at radius 2 is 0.532 bits per heavy atom. The molecule has 0 aromatic carbocycles. The first kappa shape index (κ1) is 73.1. The van der Waals surface area contributed by atoms with E-state index in [1.165, 1.54) is 122 Å². The number of esters is 3. The van der Waals surface area contributed by atoms with Gasteiger partial charge in [0.2, 0.25) is 0 Å². The van der Waals surface area contributed by atoms with Crippen molar-refractivity contribution in [2.45, 2.75) is 309 Å². The number of carbonyl (C=O) groups is 3. The van der Waals surface area contributed by atoms with E-state index in [0.717, 1.165) is 141 Å². The highest BCUT2D eigenvalue weighted by Crippen LogP contribution is 2.17. The van der Waals surface area contributed by atoms with Gasteiger partial charge in [-0.05, 0) is 103 Å². The van der Waals surface area contributed by atoms with Gasteiger partial charge < -0.3 is 14.2 Å². The maximum Gasteiger partial charge on any atom is 0.306 e. The number of hydrogen-bond acceptors (Lipinski definition) is 6. The minimum Gasteiger partial charge on any atom is -0.462 e. The lowest BCUT2D eigenvalue weighted by molar-refractivity contribution is -0.167. The smallest absolute Gasteiger partial charge is 0.306 e. The topological polar surface area (TPSA) is 78.9 Å². The second-order valence-corrected chi connectivity index (χ2v) is 21.3. The van der Waals surface area contributed by atoms with E-state index in [1.807, 2.05) is 0 Å². The number of hydrogen-bond donors (Lipinski definition) is 0. The van der Waals surface area contributed by atoms with Crippen molar-refractivity contribution in [2.75, 3.05) is 13.2 Å². The number of carbonyl (C=O) groups excluding carboxylic acids is 3. The zero-order valence-electron chi connectivity index (χ0n) is 50.4. The van der Waals surface area contributed by atoms with Gasteiger partial charge in [-0.2, -0.15) is 0 Å². The second kappa shape index (κ2) is 64.6. The fourth-order valence-electron chi connectivity index (χ4n) is 8.93. The van der Waals surface area contributed by atoms with Gasteiger partial charge in [0.15, 0.2) is 6.10 Å². The Labute approximate surface area is 476 Å². The van der Waals surface area contributed by atoms with Crippen LogP contribution in [0.1, 0.15) is 303 Å². The fraction of sp³-hybridized carbons (Fsp3) is 0.704. The summed E-state index contributed by atoms with van der Waals surface area (Å²) in [6.45, 7) is 6.45. The molecular weight excluding hydrogens is 949 g/mol. The molecule has 6 nitrogen and oxygen atoms in total. The molecule has 6 heteroatoms. The molecule has 77 heavy (non-hydrogen) atoms. The summed E-state index contributed by atoms with van der Waals surface area (Å²) < 4.78 is 16.9. The lowest BCUT2D eigenvalue weighted by atomic mass is 10.0. The van der Waals surface area contributed by atoms with E-state index in [2.05, 4.69) is 130 Å². The van der Waals surface area contributed by atoms with Crippen molar-refractivity contribution in [1.82, 2.24) is 0 Å². The molecule has 0 radical (unpaired) electrons. The third-order valence-corrected chi connectivity index (χ3v) is 13.7. The van der Waals surface area contributed by atoms with Crippen LogP contribution < -0.4 is 0 Å². The molecule has 0 rings (SSSR count). The average Bonchev–Trinajstić information content (AvgIpc) is 3.43. The monoisotopic (exact) mass is 1070 g/mol. The Bertz CT molecular complexity index is 1560. The van der Waals surface area contributed by atoms with Gasteiger partial charge in [0.05, 0.1) is 0 Å². The molecule has 440 valence electrons. The minimum atomic E-state index is -0.799. The fourth-order valence-corrected chi connectivity index (χ4v) is 8.93. The van der Waals surface area contributed by atoms with Crippen LogP contribution in [-0.2, 0) is 28.6 Å². The molecule has 0 bridgehead atoms. The third kappa shape index (κ3) is 62.8. The van der Waals surface area contributed by atoms with E-state index in [-0.39, 0.29) is 31.1 Å². The van der Waals surface area contributed by atoms with Crippen LogP contribution >= 0.6 is 0 Å². The van der Waals surface area contributed by atoms with E-state index in [4.69, 9.17) is 14.2 Å². The lowest BCUT2D eigenvalue weighted by Crippen LogP contribution is -2.30. The van der Waals surface area contributed by atoms with Gasteiger partial charge in [0.25, 0.3) is 0 Å².